The number of benzene rings is 1. The van der Waals surface area contributed by atoms with Gasteiger partial charge in [-0.15, -0.1) is 0 Å². The number of ether oxygens (including phenoxy) is 2. The number of aromatic amines is 1. The Balaban J connectivity index is 1.79. The van der Waals surface area contributed by atoms with Crippen LogP contribution in [0.1, 0.15) is 11.4 Å². The second-order valence-electron chi connectivity index (χ2n) is 4.31. The third kappa shape index (κ3) is 2.35. The van der Waals surface area contributed by atoms with Crippen LogP contribution >= 0.6 is 0 Å². The summed E-state index contributed by atoms with van der Waals surface area (Å²) in [5.41, 5.74) is 0.722. The Bertz CT molecular complexity index is 739. The van der Waals surface area contributed by atoms with Gasteiger partial charge in [0, 0.05) is 12.1 Å². The van der Waals surface area contributed by atoms with Crippen LogP contribution in [-0.2, 0) is 16.6 Å². The number of hydrogen-bond acceptors (Lipinski definition) is 5. The van der Waals surface area contributed by atoms with Crippen molar-refractivity contribution in [1.82, 2.24) is 14.7 Å². The standard InChI is InChI=1S/C12H13N3O4S/c1-8-13-6-11(15-8)20(16,17)14-5-9-3-2-4-10-12(9)19-7-18-10/h2-4,6,14H,5,7H2,1H3,(H,13,15). The van der Waals surface area contributed by atoms with Gasteiger partial charge in [-0.25, -0.2) is 18.1 Å². The summed E-state index contributed by atoms with van der Waals surface area (Å²) in [7, 11) is -3.62. The topological polar surface area (TPSA) is 93.3 Å². The molecule has 3 rings (SSSR count). The van der Waals surface area contributed by atoms with Gasteiger partial charge >= 0.3 is 0 Å². The predicted octanol–water partition coefficient (Wildman–Crippen LogP) is 0.925. The summed E-state index contributed by atoms with van der Waals surface area (Å²) in [6, 6.07) is 5.35. The molecule has 1 aliphatic rings. The van der Waals surface area contributed by atoms with E-state index >= 15 is 0 Å². The molecule has 8 heteroatoms. The Morgan fingerprint density at radius 3 is 3.00 bits per heavy atom. The number of sulfonamides is 1. The van der Waals surface area contributed by atoms with Crippen LogP contribution in [0, 0.1) is 6.92 Å². The predicted molar refractivity (Wildman–Crippen MR) is 69.9 cm³/mol. The van der Waals surface area contributed by atoms with Crippen LogP contribution in [0.25, 0.3) is 0 Å². The normalized spacial score (nSPS) is 13.7. The number of imidazole rings is 1. The summed E-state index contributed by atoms with van der Waals surface area (Å²) in [6.07, 6.45) is 1.28. The van der Waals surface area contributed by atoms with Crippen LogP contribution in [0.3, 0.4) is 0 Å². The van der Waals surface area contributed by atoms with Crippen LogP contribution in [0.5, 0.6) is 11.5 Å². The average molecular weight is 295 g/mol. The third-order valence-electron chi connectivity index (χ3n) is 2.90. The molecule has 2 N–H and O–H groups in total. The second kappa shape index (κ2) is 4.80. The van der Waals surface area contributed by atoms with Crippen molar-refractivity contribution in [1.29, 1.82) is 0 Å². The lowest BCUT2D eigenvalue weighted by atomic mass is 10.2. The number of hydrogen-bond donors (Lipinski definition) is 2. The van der Waals surface area contributed by atoms with Crippen molar-refractivity contribution in [3.05, 3.63) is 35.8 Å². The largest absolute Gasteiger partial charge is 0.454 e. The third-order valence-corrected chi connectivity index (χ3v) is 4.21. The number of aryl methyl sites for hydroxylation is 1. The molecule has 1 aliphatic heterocycles. The molecule has 1 aromatic heterocycles. The minimum Gasteiger partial charge on any atom is -0.454 e. The van der Waals surface area contributed by atoms with Crippen molar-refractivity contribution in [2.75, 3.05) is 6.79 Å². The Morgan fingerprint density at radius 1 is 1.40 bits per heavy atom. The first-order valence-electron chi connectivity index (χ1n) is 5.95. The summed E-state index contributed by atoms with van der Waals surface area (Å²) in [6.45, 7) is 1.96. The van der Waals surface area contributed by atoms with Gasteiger partial charge in [-0.2, -0.15) is 0 Å². The summed E-state index contributed by atoms with van der Waals surface area (Å²) in [5.74, 6) is 1.75. The molecule has 20 heavy (non-hydrogen) atoms. The minimum absolute atomic E-state index is 0.0414. The average Bonchev–Trinajstić information content (AvgIpc) is 3.05. The molecule has 0 bridgehead atoms. The van der Waals surface area contributed by atoms with E-state index in [1.165, 1.54) is 6.20 Å². The van der Waals surface area contributed by atoms with E-state index in [0.29, 0.717) is 17.3 Å². The summed E-state index contributed by atoms with van der Waals surface area (Å²) in [5, 5.41) is 0.0414. The molecule has 0 radical (unpaired) electrons. The molecule has 0 fully saturated rings. The van der Waals surface area contributed by atoms with Gasteiger partial charge in [-0.1, -0.05) is 12.1 Å². The minimum atomic E-state index is -3.62. The van der Waals surface area contributed by atoms with Crippen LogP contribution in [0.15, 0.2) is 29.4 Å². The Kier molecular flexibility index (Phi) is 3.11. The summed E-state index contributed by atoms with van der Waals surface area (Å²) in [4.78, 5) is 6.56. The lowest BCUT2D eigenvalue weighted by Gasteiger charge is -2.07. The highest BCUT2D eigenvalue weighted by molar-refractivity contribution is 7.89. The SMILES string of the molecule is Cc1ncc(S(=O)(=O)NCc2cccc3c2OCO3)[nH]1. The molecule has 0 saturated heterocycles. The van der Waals surface area contributed by atoms with Crippen LogP contribution in [0.4, 0.5) is 0 Å². The van der Waals surface area contributed by atoms with Crippen molar-refractivity contribution in [2.45, 2.75) is 18.5 Å². The Hall–Kier alpha value is -2.06. The monoisotopic (exact) mass is 295 g/mol. The van der Waals surface area contributed by atoms with Crippen LogP contribution < -0.4 is 14.2 Å². The molecule has 1 aromatic carbocycles. The highest BCUT2D eigenvalue weighted by atomic mass is 32.2. The molecule has 0 spiro atoms. The smallest absolute Gasteiger partial charge is 0.257 e. The van der Waals surface area contributed by atoms with Gasteiger partial charge in [0.15, 0.2) is 16.5 Å². The molecule has 0 atom stereocenters. The molecular weight excluding hydrogens is 282 g/mol. The lowest BCUT2D eigenvalue weighted by molar-refractivity contribution is 0.173. The van der Waals surface area contributed by atoms with Crippen LogP contribution in [0.2, 0.25) is 0 Å². The van der Waals surface area contributed by atoms with Gasteiger partial charge in [-0.3, -0.25) is 0 Å². The number of aromatic nitrogens is 2. The maximum Gasteiger partial charge on any atom is 0.257 e. The fourth-order valence-electron chi connectivity index (χ4n) is 1.92. The highest BCUT2D eigenvalue weighted by Gasteiger charge is 2.20. The molecule has 0 aliphatic carbocycles. The highest BCUT2D eigenvalue weighted by Crippen LogP contribution is 2.35. The van der Waals surface area contributed by atoms with E-state index in [9.17, 15) is 8.42 Å². The zero-order chi connectivity index (χ0) is 14.2. The van der Waals surface area contributed by atoms with E-state index in [4.69, 9.17) is 9.47 Å². The van der Waals surface area contributed by atoms with E-state index in [1.54, 1.807) is 25.1 Å². The first-order chi connectivity index (χ1) is 9.56. The van der Waals surface area contributed by atoms with Crippen molar-refractivity contribution in [2.24, 2.45) is 0 Å². The maximum absolute atomic E-state index is 12.1. The van der Waals surface area contributed by atoms with Crippen molar-refractivity contribution >= 4 is 10.0 Å². The first kappa shape index (κ1) is 12.9. The van der Waals surface area contributed by atoms with Gasteiger partial charge in [0.2, 0.25) is 6.79 Å². The van der Waals surface area contributed by atoms with Gasteiger partial charge in [0.1, 0.15) is 5.82 Å². The van der Waals surface area contributed by atoms with E-state index in [2.05, 4.69) is 14.7 Å². The Labute approximate surface area is 116 Å². The number of H-pyrrole nitrogens is 1. The maximum atomic E-state index is 12.1. The fourth-order valence-corrected chi connectivity index (χ4v) is 2.89. The zero-order valence-electron chi connectivity index (χ0n) is 10.7. The molecule has 7 nitrogen and oxygen atoms in total. The quantitative estimate of drug-likeness (QED) is 0.875. The van der Waals surface area contributed by atoms with E-state index in [1.807, 2.05) is 0 Å². The molecular formula is C12H13N3O4S. The summed E-state index contributed by atoms with van der Waals surface area (Å²) >= 11 is 0. The molecule has 2 aromatic rings. The zero-order valence-corrected chi connectivity index (χ0v) is 11.5. The van der Waals surface area contributed by atoms with E-state index in [0.717, 1.165) is 5.56 Å². The number of rotatable bonds is 4. The fraction of sp³-hybridized carbons (Fsp3) is 0.250. The second-order valence-corrected chi connectivity index (χ2v) is 6.04. The van der Waals surface area contributed by atoms with Gasteiger partial charge in [0.25, 0.3) is 10.0 Å². The lowest BCUT2D eigenvalue weighted by Crippen LogP contribution is -2.23. The number of para-hydroxylation sites is 1. The van der Waals surface area contributed by atoms with Gasteiger partial charge in [-0.05, 0) is 13.0 Å². The van der Waals surface area contributed by atoms with Crippen molar-refractivity contribution < 1.29 is 17.9 Å². The molecule has 2 heterocycles. The van der Waals surface area contributed by atoms with E-state index in [-0.39, 0.29) is 18.4 Å². The molecule has 106 valence electrons. The van der Waals surface area contributed by atoms with Gasteiger partial charge < -0.3 is 14.5 Å². The number of nitrogens with one attached hydrogen (secondary N) is 2. The van der Waals surface area contributed by atoms with Crippen molar-refractivity contribution in [3.63, 3.8) is 0 Å². The van der Waals surface area contributed by atoms with Gasteiger partial charge in [0.05, 0.1) is 6.20 Å². The summed E-state index contributed by atoms with van der Waals surface area (Å²) < 4.78 is 37.2. The number of nitrogens with zero attached hydrogens (tertiary/aromatic N) is 1. The van der Waals surface area contributed by atoms with Crippen molar-refractivity contribution in [3.8, 4) is 11.5 Å². The molecule has 0 saturated carbocycles. The molecule has 0 unspecified atom stereocenters. The molecule has 0 amide bonds. The number of fused-ring (bicyclic) bond motifs is 1. The first-order valence-corrected chi connectivity index (χ1v) is 7.43. The van der Waals surface area contributed by atoms with E-state index < -0.39 is 10.0 Å². The Morgan fingerprint density at radius 2 is 2.25 bits per heavy atom. The van der Waals surface area contributed by atoms with Crippen LogP contribution in [-0.4, -0.2) is 25.2 Å².